The van der Waals surface area contributed by atoms with Crippen LogP contribution in [0.25, 0.3) is 0 Å². The summed E-state index contributed by atoms with van der Waals surface area (Å²) >= 11 is 6.81. The minimum absolute atomic E-state index is 0.0430. The van der Waals surface area contributed by atoms with Gasteiger partial charge in [0.25, 0.3) is 0 Å². The minimum atomic E-state index is -3.61. The maximum absolute atomic E-state index is 12.2. The lowest BCUT2D eigenvalue weighted by Gasteiger charge is -2.18. The minimum Gasteiger partial charge on any atom is -0.392 e. The second-order valence-corrected chi connectivity index (χ2v) is 7.52. The number of sulfonamides is 1. The highest BCUT2D eigenvalue weighted by molar-refractivity contribution is 14.1. The van der Waals surface area contributed by atoms with E-state index in [0.29, 0.717) is 5.56 Å². The lowest BCUT2D eigenvalue weighted by molar-refractivity contribution is 0.483. The molecule has 0 spiro atoms. The van der Waals surface area contributed by atoms with Crippen LogP contribution in [0, 0.1) is 14.9 Å². The molecule has 1 rings (SSSR count). The van der Waals surface area contributed by atoms with Crippen LogP contribution in [0.1, 0.15) is 5.56 Å². The standard InChI is InChI=1S/C11H12IN3O2S2/c12-10-3-1-2-9(6-10)8-19(16,17)15(5-4-13)7-11(14)18/h1-3,6H,5,7-8H2,(H2,14,18). The van der Waals surface area contributed by atoms with Crippen LogP contribution < -0.4 is 5.73 Å². The summed E-state index contributed by atoms with van der Waals surface area (Å²) in [6.45, 7) is -0.376. The largest absolute Gasteiger partial charge is 0.392 e. The van der Waals surface area contributed by atoms with Crippen LogP contribution in [0.4, 0.5) is 0 Å². The number of nitriles is 1. The van der Waals surface area contributed by atoms with Crippen molar-refractivity contribution in [3.8, 4) is 6.07 Å². The van der Waals surface area contributed by atoms with Crippen molar-refractivity contribution in [1.29, 1.82) is 5.26 Å². The van der Waals surface area contributed by atoms with Gasteiger partial charge in [-0.3, -0.25) is 0 Å². The summed E-state index contributed by atoms with van der Waals surface area (Å²) in [5.74, 6) is -0.172. The van der Waals surface area contributed by atoms with Gasteiger partial charge in [-0.1, -0.05) is 24.4 Å². The number of nitrogens with zero attached hydrogens (tertiary/aromatic N) is 2. The third kappa shape index (κ3) is 5.40. The zero-order chi connectivity index (χ0) is 14.5. The second-order valence-electron chi connectivity index (χ2n) is 3.78. The van der Waals surface area contributed by atoms with Gasteiger partial charge in [-0.2, -0.15) is 9.57 Å². The molecule has 0 aliphatic heterocycles. The van der Waals surface area contributed by atoms with E-state index in [1.54, 1.807) is 24.3 Å². The number of thiocarbonyl (C=S) groups is 1. The Balaban J connectivity index is 2.95. The SMILES string of the molecule is N#CCN(CC(N)=S)S(=O)(=O)Cc1cccc(I)c1. The molecule has 19 heavy (non-hydrogen) atoms. The molecule has 1 aromatic carbocycles. The molecule has 0 saturated carbocycles. The fourth-order valence-electron chi connectivity index (χ4n) is 1.43. The predicted octanol–water partition coefficient (Wildman–Crippen LogP) is 1.23. The summed E-state index contributed by atoms with van der Waals surface area (Å²) in [6.07, 6.45) is 0. The van der Waals surface area contributed by atoms with Crippen LogP contribution >= 0.6 is 34.8 Å². The van der Waals surface area contributed by atoms with Gasteiger partial charge in [-0.25, -0.2) is 8.42 Å². The number of hydrogen-bond donors (Lipinski definition) is 1. The molecule has 5 nitrogen and oxygen atoms in total. The van der Waals surface area contributed by atoms with Crippen LogP contribution in [-0.2, 0) is 15.8 Å². The number of halogens is 1. The van der Waals surface area contributed by atoms with Gasteiger partial charge in [-0.05, 0) is 40.3 Å². The lowest BCUT2D eigenvalue weighted by Crippen LogP contribution is -2.38. The van der Waals surface area contributed by atoms with E-state index in [2.05, 4.69) is 22.6 Å². The predicted molar refractivity (Wildman–Crippen MR) is 85.8 cm³/mol. The first-order valence-corrected chi connectivity index (χ1v) is 8.32. The highest BCUT2D eigenvalue weighted by atomic mass is 127. The molecule has 0 aliphatic rings. The van der Waals surface area contributed by atoms with Crippen molar-refractivity contribution in [2.75, 3.05) is 13.1 Å². The summed E-state index contributed by atoms with van der Waals surface area (Å²) in [7, 11) is -3.61. The average molecular weight is 409 g/mol. The first kappa shape index (κ1) is 16.3. The Morgan fingerprint density at radius 1 is 1.53 bits per heavy atom. The summed E-state index contributed by atoms with van der Waals surface area (Å²) in [5.41, 5.74) is 6.02. The Kier molecular flexibility index (Phi) is 6.12. The van der Waals surface area contributed by atoms with E-state index in [1.165, 1.54) is 0 Å². The van der Waals surface area contributed by atoms with Gasteiger partial charge in [0.15, 0.2) is 0 Å². The molecule has 0 atom stereocenters. The Bertz CT molecular complexity index is 611. The first-order valence-electron chi connectivity index (χ1n) is 5.22. The molecule has 2 N–H and O–H groups in total. The van der Waals surface area contributed by atoms with E-state index in [-0.39, 0.29) is 23.8 Å². The van der Waals surface area contributed by atoms with Crippen molar-refractivity contribution in [3.63, 3.8) is 0 Å². The van der Waals surface area contributed by atoms with E-state index in [0.717, 1.165) is 7.88 Å². The monoisotopic (exact) mass is 409 g/mol. The van der Waals surface area contributed by atoms with Crippen molar-refractivity contribution in [3.05, 3.63) is 33.4 Å². The van der Waals surface area contributed by atoms with Crippen LogP contribution in [0.2, 0.25) is 0 Å². The maximum atomic E-state index is 12.2. The van der Waals surface area contributed by atoms with Gasteiger partial charge in [0.2, 0.25) is 10.0 Å². The van der Waals surface area contributed by atoms with Gasteiger partial charge in [0, 0.05) is 3.57 Å². The molecule has 0 radical (unpaired) electrons. The van der Waals surface area contributed by atoms with E-state index in [9.17, 15) is 8.42 Å². The van der Waals surface area contributed by atoms with Crippen molar-refractivity contribution >= 4 is 49.8 Å². The molecule has 0 aromatic heterocycles. The van der Waals surface area contributed by atoms with Gasteiger partial charge in [0.05, 0.1) is 23.4 Å². The van der Waals surface area contributed by atoms with Crippen molar-refractivity contribution in [2.45, 2.75) is 5.75 Å². The number of benzene rings is 1. The molecule has 0 amide bonds. The summed E-state index contributed by atoms with van der Waals surface area (Å²) < 4.78 is 26.3. The van der Waals surface area contributed by atoms with E-state index in [1.807, 2.05) is 6.07 Å². The fraction of sp³-hybridized carbons (Fsp3) is 0.273. The van der Waals surface area contributed by atoms with E-state index in [4.69, 9.17) is 23.2 Å². The highest BCUT2D eigenvalue weighted by Crippen LogP contribution is 2.13. The fourth-order valence-corrected chi connectivity index (χ4v) is 3.65. The smallest absolute Gasteiger partial charge is 0.219 e. The summed E-state index contributed by atoms with van der Waals surface area (Å²) in [4.78, 5) is 0.0430. The number of nitrogens with two attached hydrogens (primary N) is 1. The molecule has 8 heteroatoms. The molecular weight excluding hydrogens is 397 g/mol. The van der Waals surface area contributed by atoms with Crippen LogP contribution in [0.15, 0.2) is 24.3 Å². The van der Waals surface area contributed by atoms with Crippen LogP contribution in [0.3, 0.4) is 0 Å². The molecule has 102 valence electrons. The highest BCUT2D eigenvalue weighted by Gasteiger charge is 2.22. The van der Waals surface area contributed by atoms with Gasteiger partial charge < -0.3 is 5.73 Å². The molecule has 0 bridgehead atoms. The Morgan fingerprint density at radius 2 is 2.21 bits per heavy atom. The topological polar surface area (TPSA) is 87.2 Å². The maximum Gasteiger partial charge on any atom is 0.219 e. The van der Waals surface area contributed by atoms with E-state index >= 15 is 0 Å². The molecular formula is C11H12IN3O2S2. The van der Waals surface area contributed by atoms with Crippen molar-refractivity contribution in [1.82, 2.24) is 4.31 Å². The summed E-state index contributed by atoms with van der Waals surface area (Å²) in [6, 6.07) is 8.98. The van der Waals surface area contributed by atoms with Crippen LogP contribution in [-0.4, -0.2) is 30.8 Å². The zero-order valence-electron chi connectivity index (χ0n) is 9.91. The third-order valence-electron chi connectivity index (χ3n) is 2.21. The molecule has 0 saturated heterocycles. The molecule has 0 heterocycles. The van der Waals surface area contributed by atoms with Crippen molar-refractivity contribution in [2.24, 2.45) is 5.73 Å². The molecule has 1 aromatic rings. The first-order chi connectivity index (χ1) is 8.85. The average Bonchev–Trinajstić information content (AvgIpc) is 2.27. The van der Waals surface area contributed by atoms with E-state index < -0.39 is 10.0 Å². The normalized spacial score (nSPS) is 11.2. The Hall–Kier alpha value is -0.760. The summed E-state index contributed by atoms with van der Waals surface area (Å²) in [5, 5.41) is 8.68. The number of hydrogen-bond acceptors (Lipinski definition) is 4. The van der Waals surface area contributed by atoms with Gasteiger partial charge in [0.1, 0.15) is 6.54 Å². The second kappa shape index (κ2) is 7.14. The molecule has 0 aliphatic carbocycles. The Morgan fingerprint density at radius 3 is 2.74 bits per heavy atom. The molecule has 0 unspecified atom stereocenters. The quantitative estimate of drug-likeness (QED) is 0.434. The van der Waals surface area contributed by atoms with Gasteiger partial charge in [-0.15, -0.1) is 0 Å². The third-order valence-corrected chi connectivity index (χ3v) is 4.75. The van der Waals surface area contributed by atoms with Crippen molar-refractivity contribution < 1.29 is 8.42 Å². The zero-order valence-corrected chi connectivity index (χ0v) is 13.7. The number of rotatable bonds is 6. The van der Waals surface area contributed by atoms with Gasteiger partial charge >= 0.3 is 0 Å². The van der Waals surface area contributed by atoms with Crippen LogP contribution in [0.5, 0.6) is 0 Å². The Labute approximate surface area is 131 Å². The molecule has 0 fully saturated rings. The lowest BCUT2D eigenvalue weighted by atomic mass is 10.2.